The van der Waals surface area contributed by atoms with Gasteiger partial charge in [0.05, 0.1) is 14.2 Å². The fraction of sp³-hybridized carbons (Fsp3) is 0.389. The molecule has 0 N–H and O–H groups in total. The number of methoxy groups -OCH3 is 2. The molecule has 0 spiro atoms. The van der Waals surface area contributed by atoms with E-state index in [4.69, 9.17) is 21.1 Å². The molecule has 1 aromatic carbocycles. The van der Waals surface area contributed by atoms with Gasteiger partial charge in [0.2, 0.25) is 10.0 Å². The largest absolute Gasteiger partial charge is 0.493 e. The second-order valence-electron chi connectivity index (χ2n) is 6.31. The van der Waals surface area contributed by atoms with Crippen molar-refractivity contribution in [3.8, 4) is 11.5 Å². The van der Waals surface area contributed by atoms with E-state index >= 15 is 0 Å². The molecule has 0 radical (unpaired) electrons. The number of pyridine rings is 1. The SMILES string of the molecule is COc1ccc(CN2CCN(S(=O)(=O)c3cc(Br)cnc3Cl)CC2)cc1OC. The lowest BCUT2D eigenvalue weighted by Crippen LogP contribution is -2.48. The Balaban J connectivity index is 1.67. The lowest BCUT2D eigenvalue weighted by atomic mass is 10.1. The predicted octanol–water partition coefficient (Wildman–Crippen LogP) is 3.02. The summed E-state index contributed by atoms with van der Waals surface area (Å²) in [6.45, 7) is 2.71. The van der Waals surface area contributed by atoms with Crippen molar-refractivity contribution in [2.45, 2.75) is 11.4 Å². The molecule has 3 rings (SSSR count). The van der Waals surface area contributed by atoms with Gasteiger partial charge in [0.15, 0.2) is 11.5 Å². The summed E-state index contributed by atoms with van der Waals surface area (Å²) in [5, 5.41) is -0.0176. The van der Waals surface area contributed by atoms with E-state index in [2.05, 4.69) is 25.8 Å². The summed E-state index contributed by atoms with van der Waals surface area (Å²) in [6, 6.07) is 7.28. The number of ether oxygens (including phenoxy) is 2. The first kappa shape index (κ1) is 21.3. The number of halogens is 2. The van der Waals surface area contributed by atoms with Crippen molar-refractivity contribution in [1.29, 1.82) is 0 Å². The zero-order valence-corrected chi connectivity index (χ0v) is 18.7. The molecule has 0 aliphatic carbocycles. The second-order valence-corrected chi connectivity index (χ2v) is 9.49. The Morgan fingerprint density at radius 1 is 1.11 bits per heavy atom. The standard InChI is InChI=1S/C18H21BrClN3O4S/c1-26-15-4-3-13(9-16(15)27-2)12-22-5-7-23(8-6-22)28(24,25)17-10-14(19)11-21-18(17)20/h3-4,9-11H,5-8,12H2,1-2H3. The van der Waals surface area contributed by atoms with E-state index in [-0.39, 0.29) is 10.0 Å². The summed E-state index contributed by atoms with van der Waals surface area (Å²) in [5.41, 5.74) is 1.08. The topological polar surface area (TPSA) is 72.0 Å². The van der Waals surface area contributed by atoms with Crippen LogP contribution in [0.3, 0.4) is 0 Å². The van der Waals surface area contributed by atoms with Crippen LogP contribution < -0.4 is 9.47 Å². The molecule has 0 bridgehead atoms. The molecule has 152 valence electrons. The first-order chi connectivity index (χ1) is 13.3. The molecule has 10 heteroatoms. The van der Waals surface area contributed by atoms with Crippen molar-refractivity contribution >= 4 is 37.6 Å². The maximum absolute atomic E-state index is 12.9. The summed E-state index contributed by atoms with van der Waals surface area (Å²) >= 11 is 9.27. The van der Waals surface area contributed by atoms with Gasteiger partial charge in [-0.1, -0.05) is 17.7 Å². The lowest BCUT2D eigenvalue weighted by Gasteiger charge is -2.34. The normalized spacial score (nSPS) is 16.1. The average Bonchev–Trinajstić information content (AvgIpc) is 2.70. The second kappa shape index (κ2) is 8.96. The van der Waals surface area contributed by atoms with Gasteiger partial charge in [-0.05, 0) is 39.7 Å². The Hall–Kier alpha value is -1.39. The molecular weight excluding hydrogens is 470 g/mol. The van der Waals surface area contributed by atoms with Crippen LogP contribution >= 0.6 is 27.5 Å². The number of sulfonamides is 1. The molecular formula is C18H21BrClN3O4S. The van der Waals surface area contributed by atoms with E-state index in [1.54, 1.807) is 14.2 Å². The zero-order valence-electron chi connectivity index (χ0n) is 15.6. The quantitative estimate of drug-likeness (QED) is 0.580. The monoisotopic (exact) mass is 489 g/mol. The number of aromatic nitrogens is 1. The number of piperazine rings is 1. The number of hydrogen-bond acceptors (Lipinski definition) is 6. The predicted molar refractivity (Wildman–Crippen MR) is 111 cm³/mol. The highest BCUT2D eigenvalue weighted by Gasteiger charge is 2.30. The smallest absolute Gasteiger partial charge is 0.246 e. The van der Waals surface area contributed by atoms with Crippen molar-refractivity contribution in [3.63, 3.8) is 0 Å². The van der Waals surface area contributed by atoms with E-state index in [1.165, 1.54) is 16.6 Å². The zero-order chi connectivity index (χ0) is 20.3. The molecule has 1 saturated heterocycles. The van der Waals surface area contributed by atoms with Crippen LogP contribution in [0.5, 0.6) is 11.5 Å². The van der Waals surface area contributed by atoms with Gasteiger partial charge in [0.25, 0.3) is 0 Å². The third-order valence-corrected chi connectivity index (χ3v) is 7.34. The molecule has 0 unspecified atom stereocenters. The molecule has 0 saturated carbocycles. The Kier molecular flexibility index (Phi) is 6.82. The number of rotatable bonds is 6. The Bertz CT molecular complexity index is 950. The molecule has 28 heavy (non-hydrogen) atoms. The minimum Gasteiger partial charge on any atom is -0.493 e. The summed E-state index contributed by atoms with van der Waals surface area (Å²) in [5.74, 6) is 1.36. The molecule has 1 aromatic heterocycles. The molecule has 0 amide bonds. The van der Waals surface area contributed by atoms with Crippen LogP contribution in [0.1, 0.15) is 5.56 Å². The van der Waals surface area contributed by atoms with Crippen molar-refractivity contribution < 1.29 is 17.9 Å². The van der Waals surface area contributed by atoms with Gasteiger partial charge in [-0.3, -0.25) is 4.90 Å². The number of benzene rings is 1. The maximum Gasteiger partial charge on any atom is 0.246 e. The van der Waals surface area contributed by atoms with Crippen LogP contribution in [0.25, 0.3) is 0 Å². The van der Waals surface area contributed by atoms with Crippen LogP contribution in [0.15, 0.2) is 39.8 Å². The molecule has 2 aromatic rings. The van der Waals surface area contributed by atoms with Gasteiger partial charge in [0.1, 0.15) is 10.0 Å². The van der Waals surface area contributed by atoms with Gasteiger partial charge < -0.3 is 9.47 Å². The van der Waals surface area contributed by atoms with E-state index in [1.807, 2.05) is 18.2 Å². The maximum atomic E-state index is 12.9. The van der Waals surface area contributed by atoms with Gasteiger partial charge >= 0.3 is 0 Å². The molecule has 2 heterocycles. The van der Waals surface area contributed by atoms with Crippen molar-refractivity contribution in [1.82, 2.24) is 14.2 Å². The lowest BCUT2D eigenvalue weighted by molar-refractivity contribution is 0.181. The van der Waals surface area contributed by atoms with Gasteiger partial charge in [-0.2, -0.15) is 4.31 Å². The number of hydrogen-bond donors (Lipinski definition) is 0. The van der Waals surface area contributed by atoms with E-state index in [0.29, 0.717) is 48.7 Å². The summed E-state index contributed by atoms with van der Waals surface area (Å²) in [4.78, 5) is 6.15. The van der Waals surface area contributed by atoms with Crippen molar-refractivity contribution in [2.75, 3.05) is 40.4 Å². The van der Waals surface area contributed by atoms with E-state index < -0.39 is 10.0 Å². The third-order valence-electron chi connectivity index (χ3n) is 4.58. The van der Waals surface area contributed by atoms with Crippen LogP contribution in [0.2, 0.25) is 5.15 Å². The van der Waals surface area contributed by atoms with Crippen molar-refractivity contribution in [3.05, 3.63) is 45.7 Å². The Morgan fingerprint density at radius 3 is 2.43 bits per heavy atom. The Morgan fingerprint density at radius 2 is 1.79 bits per heavy atom. The fourth-order valence-corrected chi connectivity index (χ4v) is 5.43. The molecule has 0 atom stereocenters. The van der Waals surface area contributed by atoms with Gasteiger partial charge in [0, 0.05) is 43.4 Å². The highest BCUT2D eigenvalue weighted by atomic mass is 79.9. The highest BCUT2D eigenvalue weighted by Crippen LogP contribution is 2.29. The van der Waals surface area contributed by atoms with Crippen LogP contribution in [-0.2, 0) is 16.6 Å². The first-order valence-corrected chi connectivity index (χ1v) is 11.2. The highest BCUT2D eigenvalue weighted by molar-refractivity contribution is 9.10. The van der Waals surface area contributed by atoms with Crippen LogP contribution in [0, 0.1) is 0 Å². The molecule has 1 fully saturated rings. The summed E-state index contributed by atoms with van der Waals surface area (Å²) < 4.78 is 38.5. The first-order valence-electron chi connectivity index (χ1n) is 8.59. The summed E-state index contributed by atoms with van der Waals surface area (Å²) in [6.07, 6.45) is 1.47. The minimum absolute atomic E-state index is 0.0176. The van der Waals surface area contributed by atoms with E-state index in [0.717, 1.165) is 5.56 Å². The van der Waals surface area contributed by atoms with E-state index in [9.17, 15) is 8.42 Å². The third kappa shape index (κ3) is 4.60. The van der Waals surface area contributed by atoms with Crippen LogP contribution in [-0.4, -0.2) is 63.0 Å². The van der Waals surface area contributed by atoms with Crippen molar-refractivity contribution in [2.24, 2.45) is 0 Å². The van der Waals surface area contributed by atoms with Gasteiger partial charge in [-0.15, -0.1) is 0 Å². The van der Waals surface area contributed by atoms with Crippen LogP contribution in [0.4, 0.5) is 0 Å². The molecule has 1 aliphatic rings. The average molecular weight is 491 g/mol. The number of nitrogens with zero attached hydrogens (tertiary/aromatic N) is 3. The molecule has 7 nitrogen and oxygen atoms in total. The minimum atomic E-state index is -3.69. The Labute approximate surface area is 178 Å². The summed E-state index contributed by atoms with van der Waals surface area (Å²) in [7, 11) is -0.480. The fourth-order valence-electron chi connectivity index (χ4n) is 3.09. The van der Waals surface area contributed by atoms with Gasteiger partial charge in [-0.25, -0.2) is 13.4 Å². The molecule has 1 aliphatic heterocycles.